The molecule has 0 aliphatic carbocycles. The first kappa shape index (κ1) is 12.9. The van der Waals surface area contributed by atoms with Crippen molar-refractivity contribution in [2.24, 2.45) is 10.7 Å². The van der Waals surface area contributed by atoms with Crippen LogP contribution < -0.4 is 10.6 Å². The normalized spacial score (nSPS) is 16.9. The third-order valence-corrected chi connectivity index (χ3v) is 3.35. The molecular weight excluding hydrogens is 222 g/mol. The Kier molecular flexibility index (Phi) is 4.62. The van der Waals surface area contributed by atoms with Gasteiger partial charge in [-0.25, -0.2) is 4.99 Å². The van der Waals surface area contributed by atoms with Gasteiger partial charge in [-0.15, -0.1) is 0 Å². The Labute approximate surface area is 110 Å². The number of anilines is 1. The van der Waals surface area contributed by atoms with Crippen molar-refractivity contribution < 1.29 is 0 Å². The van der Waals surface area contributed by atoms with E-state index in [9.17, 15) is 0 Å². The van der Waals surface area contributed by atoms with E-state index in [2.05, 4.69) is 41.1 Å². The molecule has 0 aromatic heterocycles. The molecule has 0 spiro atoms. The van der Waals surface area contributed by atoms with Gasteiger partial charge in [-0.2, -0.15) is 0 Å². The van der Waals surface area contributed by atoms with E-state index in [-0.39, 0.29) is 0 Å². The van der Waals surface area contributed by atoms with Crippen molar-refractivity contribution in [3.05, 3.63) is 24.3 Å². The molecule has 1 heterocycles. The molecule has 0 unspecified atom stereocenters. The van der Waals surface area contributed by atoms with E-state index in [0.717, 1.165) is 24.4 Å². The zero-order valence-corrected chi connectivity index (χ0v) is 11.2. The summed E-state index contributed by atoms with van der Waals surface area (Å²) >= 11 is 0. The number of hydrogen-bond donors (Lipinski definition) is 1. The Balaban J connectivity index is 2.02. The summed E-state index contributed by atoms with van der Waals surface area (Å²) in [7, 11) is 0. The minimum absolute atomic E-state index is 0.725. The van der Waals surface area contributed by atoms with Gasteiger partial charge in [0.25, 0.3) is 0 Å². The highest BCUT2D eigenvalue weighted by Gasteiger charge is 2.10. The van der Waals surface area contributed by atoms with Crippen molar-refractivity contribution in [3.63, 3.8) is 0 Å². The van der Waals surface area contributed by atoms with E-state index in [1.54, 1.807) is 0 Å². The van der Waals surface area contributed by atoms with E-state index in [1.807, 2.05) is 0 Å². The maximum atomic E-state index is 5.84. The largest absolute Gasteiger partial charge is 0.387 e. The third kappa shape index (κ3) is 3.49. The second-order valence-electron chi connectivity index (χ2n) is 4.92. The summed E-state index contributed by atoms with van der Waals surface area (Å²) in [6, 6.07) is 8.44. The summed E-state index contributed by atoms with van der Waals surface area (Å²) in [5, 5.41) is 0. The molecule has 0 bridgehead atoms. The fraction of sp³-hybridized carbons (Fsp3) is 0.533. The maximum Gasteiger partial charge on any atom is 0.0996 e. The molecule has 18 heavy (non-hydrogen) atoms. The molecule has 0 radical (unpaired) electrons. The van der Waals surface area contributed by atoms with Crippen LogP contribution in [0.15, 0.2) is 29.3 Å². The van der Waals surface area contributed by atoms with Crippen molar-refractivity contribution in [1.29, 1.82) is 0 Å². The van der Waals surface area contributed by atoms with Crippen LogP contribution in [0, 0.1) is 0 Å². The summed E-state index contributed by atoms with van der Waals surface area (Å²) in [6.45, 7) is 4.48. The van der Waals surface area contributed by atoms with Gasteiger partial charge < -0.3 is 10.6 Å². The lowest BCUT2D eigenvalue weighted by Gasteiger charge is -2.28. The fourth-order valence-corrected chi connectivity index (χ4v) is 2.37. The van der Waals surface area contributed by atoms with Gasteiger partial charge in [0.2, 0.25) is 0 Å². The highest BCUT2D eigenvalue weighted by atomic mass is 15.1. The average molecular weight is 245 g/mol. The number of amidine groups is 1. The molecule has 1 aromatic carbocycles. The van der Waals surface area contributed by atoms with Crippen molar-refractivity contribution >= 4 is 17.2 Å². The molecule has 3 heteroatoms. The molecule has 0 saturated carbocycles. The van der Waals surface area contributed by atoms with Gasteiger partial charge in [-0.1, -0.05) is 6.92 Å². The first-order valence-electron chi connectivity index (χ1n) is 6.97. The minimum Gasteiger partial charge on any atom is -0.387 e. The Morgan fingerprint density at radius 3 is 2.44 bits per heavy atom. The molecular formula is C15H23N3. The zero-order chi connectivity index (χ0) is 12.8. The molecule has 3 nitrogen and oxygen atoms in total. The summed E-state index contributed by atoms with van der Waals surface area (Å²) < 4.78 is 0. The zero-order valence-electron chi connectivity index (χ0n) is 11.2. The summed E-state index contributed by atoms with van der Waals surface area (Å²) in [6.07, 6.45) is 5.90. The van der Waals surface area contributed by atoms with Crippen LogP contribution in [0.25, 0.3) is 0 Å². The Hall–Kier alpha value is -1.51. The Morgan fingerprint density at radius 1 is 1.17 bits per heavy atom. The van der Waals surface area contributed by atoms with Crippen LogP contribution >= 0.6 is 0 Å². The van der Waals surface area contributed by atoms with Crippen LogP contribution in [0.3, 0.4) is 0 Å². The average Bonchev–Trinajstić information content (AvgIpc) is 2.41. The highest BCUT2D eigenvalue weighted by molar-refractivity contribution is 5.83. The SMILES string of the molecule is CCCC(N)=Nc1ccc(N2CCCCC2)cc1. The van der Waals surface area contributed by atoms with Gasteiger partial charge in [-0.05, 0) is 49.9 Å². The van der Waals surface area contributed by atoms with Crippen molar-refractivity contribution in [1.82, 2.24) is 0 Å². The number of nitrogens with zero attached hydrogens (tertiary/aromatic N) is 2. The lowest BCUT2D eigenvalue weighted by molar-refractivity contribution is 0.578. The highest BCUT2D eigenvalue weighted by Crippen LogP contribution is 2.23. The second-order valence-corrected chi connectivity index (χ2v) is 4.92. The van der Waals surface area contributed by atoms with Gasteiger partial charge in [0.15, 0.2) is 0 Å². The maximum absolute atomic E-state index is 5.84. The van der Waals surface area contributed by atoms with Crippen LogP contribution in [0.2, 0.25) is 0 Å². The molecule has 2 rings (SSSR count). The molecule has 1 aromatic rings. The molecule has 98 valence electrons. The first-order chi connectivity index (χ1) is 8.79. The minimum atomic E-state index is 0.725. The number of piperidine rings is 1. The van der Waals surface area contributed by atoms with Crippen LogP contribution in [-0.2, 0) is 0 Å². The van der Waals surface area contributed by atoms with Gasteiger partial charge >= 0.3 is 0 Å². The van der Waals surface area contributed by atoms with Gasteiger partial charge in [0.05, 0.1) is 11.5 Å². The quantitative estimate of drug-likeness (QED) is 0.652. The molecule has 0 atom stereocenters. The fourth-order valence-electron chi connectivity index (χ4n) is 2.37. The molecule has 1 aliphatic heterocycles. The van der Waals surface area contributed by atoms with E-state index in [4.69, 9.17) is 5.73 Å². The number of benzene rings is 1. The smallest absolute Gasteiger partial charge is 0.0996 e. The van der Waals surface area contributed by atoms with Crippen LogP contribution in [0.4, 0.5) is 11.4 Å². The third-order valence-electron chi connectivity index (χ3n) is 3.35. The van der Waals surface area contributed by atoms with Crippen LogP contribution in [-0.4, -0.2) is 18.9 Å². The van der Waals surface area contributed by atoms with E-state index in [0.29, 0.717) is 0 Å². The van der Waals surface area contributed by atoms with Gasteiger partial charge in [0.1, 0.15) is 0 Å². The molecule has 1 aliphatic rings. The summed E-state index contributed by atoms with van der Waals surface area (Å²) in [5.41, 5.74) is 8.10. The molecule has 1 saturated heterocycles. The number of aliphatic imine (C=N–C) groups is 1. The second kappa shape index (κ2) is 6.43. The lowest BCUT2D eigenvalue weighted by atomic mass is 10.1. The predicted octanol–water partition coefficient (Wildman–Crippen LogP) is 3.47. The van der Waals surface area contributed by atoms with E-state index < -0.39 is 0 Å². The Bertz CT molecular complexity index is 389. The van der Waals surface area contributed by atoms with Crippen LogP contribution in [0.5, 0.6) is 0 Å². The molecule has 0 amide bonds. The predicted molar refractivity (Wildman–Crippen MR) is 78.7 cm³/mol. The summed E-state index contributed by atoms with van der Waals surface area (Å²) in [5.74, 6) is 0.725. The van der Waals surface area contributed by atoms with E-state index >= 15 is 0 Å². The van der Waals surface area contributed by atoms with Gasteiger partial charge in [0, 0.05) is 25.2 Å². The number of rotatable bonds is 4. The Morgan fingerprint density at radius 2 is 1.83 bits per heavy atom. The number of nitrogens with two attached hydrogens (primary N) is 1. The van der Waals surface area contributed by atoms with E-state index in [1.165, 1.54) is 38.0 Å². The van der Waals surface area contributed by atoms with Crippen molar-refractivity contribution in [2.45, 2.75) is 39.0 Å². The molecule has 2 N–H and O–H groups in total. The standard InChI is InChI=1S/C15H23N3/c1-2-6-15(16)17-13-7-9-14(10-8-13)18-11-4-3-5-12-18/h7-10H,2-6,11-12H2,1H3,(H2,16,17). The summed E-state index contributed by atoms with van der Waals surface area (Å²) in [4.78, 5) is 6.86. The first-order valence-corrected chi connectivity index (χ1v) is 6.97. The van der Waals surface area contributed by atoms with Gasteiger partial charge in [-0.3, -0.25) is 0 Å². The molecule has 1 fully saturated rings. The van der Waals surface area contributed by atoms with Crippen molar-refractivity contribution in [2.75, 3.05) is 18.0 Å². The topological polar surface area (TPSA) is 41.6 Å². The number of hydrogen-bond acceptors (Lipinski definition) is 2. The lowest BCUT2D eigenvalue weighted by Crippen LogP contribution is -2.29. The van der Waals surface area contributed by atoms with Crippen molar-refractivity contribution in [3.8, 4) is 0 Å². The van der Waals surface area contributed by atoms with Crippen LogP contribution in [0.1, 0.15) is 39.0 Å². The monoisotopic (exact) mass is 245 g/mol.